The van der Waals surface area contributed by atoms with Gasteiger partial charge in [-0.15, -0.1) is 36.4 Å². The Labute approximate surface area is 90.6 Å². The molecule has 0 N–H and O–H groups in total. The summed E-state index contributed by atoms with van der Waals surface area (Å²) in [5.41, 5.74) is 0. The molecule has 0 radical (unpaired) electrons. The molecule has 0 spiro atoms. The minimum absolute atomic E-state index is 0.853. The van der Waals surface area contributed by atoms with Crippen LogP contribution in [0.4, 0.5) is 0 Å². The average Bonchev–Trinajstić information content (AvgIpc) is 2.16. The van der Waals surface area contributed by atoms with Crippen molar-refractivity contribution < 1.29 is 0 Å². The summed E-state index contributed by atoms with van der Waals surface area (Å²) in [6.45, 7) is 0. The van der Waals surface area contributed by atoms with E-state index in [9.17, 15) is 0 Å². The number of thioether (sulfide) groups is 2. The van der Waals surface area contributed by atoms with E-state index in [0.717, 1.165) is 11.5 Å². The first kappa shape index (κ1) is 12.8. The summed E-state index contributed by atoms with van der Waals surface area (Å²) in [4.78, 5) is 0. The fraction of sp³-hybridized carbons (Fsp3) is 0.636. The normalized spacial score (nSPS) is 9.08. The summed E-state index contributed by atoms with van der Waals surface area (Å²) in [6, 6.07) is 0. The third-order valence-electron chi connectivity index (χ3n) is 1.45. The van der Waals surface area contributed by atoms with E-state index in [1.54, 1.807) is 0 Å². The van der Waals surface area contributed by atoms with E-state index in [1.165, 1.54) is 30.8 Å². The largest absolute Gasteiger partial charge is 0.149 e. The standard InChI is InChI=1S/C11H16S2/c1-3-8-12-10-6-5-7-11-13-9-4-2/h1-2H,5-11H2. The minimum atomic E-state index is 0.853. The van der Waals surface area contributed by atoms with Gasteiger partial charge in [0.25, 0.3) is 0 Å². The Bertz CT molecular complexity index is 154. The highest BCUT2D eigenvalue weighted by Crippen LogP contribution is 2.08. The molecule has 0 fully saturated rings. The number of unbranched alkanes of at least 4 members (excludes halogenated alkanes) is 2. The zero-order valence-corrected chi connectivity index (χ0v) is 9.55. The Hall–Kier alpha value is -0.180. The molecule has 0 amide bonds. The number of terminal acetylenes is 2. The van der Waals surface area contributed by atoms with Gasteiger partial charge in [-0.3, -0.25) is 0 Å². The van der Waals surface area contributed by atoms with E-state index >= 15 is 0 Å². The second-order valence-corrected chi connectivity index (χ2v) is 4.78. The monoisotopic (exact) mass is 212 g/mol. The van der Waals surface area contributed by atoms with Crippen molar-refractivity contribution in [2.24, 2.45) is 0 Å². The van der Waals surface area contributed by atoms with Crippen molar-refractivity contribution in [1.82, 2.24) is 0 Å². The fourth-order valence-electron chi connectivity index (χ4n) is 0.847. The molecular formula is C11H16S2. The van der Waals surface area contributed by atoms with Crippen molar-refractivity contribution in [1.29, 1.82) is 0 Å². The lowest BCUT2D eigenvalue weighted by molar-refractivity contribution is 0.786. The second kappa shape index (κ2) is 11.8. The molecule has 0 rings (SSSR count). The van der Waals surface area contributed by atoms with Crippen molar-refractivity contribution in [3.63, 3.8) is 0 Å². The van der Waals surface area contributed by atoms with Crippen molar-refractivity contribution in [2.75, 3.05) is 23.0 Å². The third kappa shape index (κ3) is 11.8. The van der Waals surface area contributed by atoms with Crippen LogP contribution in [0.1, 0.15) is 19.3 Å². The van der Waals surface area contributed by atoms with Gasteiger partial charge in [0.1, 0.15) is 0 Å². The fourth-order valence-corrected chi connectivity index (χ4v) is 2.19. The first-order valence-corrected chi connectivity index (χ1v) is 6.75. The average molecular weight is 212 g/mol. The van der Waals surface area contributed by atoms with E-state index in [-0.39, 0.29) is 0 Å². The van der Waals surface area contributed by atoms with Crippen molar-refractivity contribution in [3.05, 3.63) is 0 Å². The SMILES string of the molecule is C#CCSCCCCCSCC#C. The van der Waals surface area contributed by atoms with Gasteiger partial charge < -0.3 is 0 Å². The van der Waals surface area contributed by atoms with E-state index in [0.29, 0.717) is 0 Å². The molecule has 0 aliphatic heterocycles. The molecule has 0 aromatic heterocycles. The van der Waals surface area contributed by atoms with Crippen molar-refractivity contribution in [3.8, 4) is 24.7 Å². The molecular weight excluding hydrogens is 196 g/mol. The van der Waals surface area contributed by atoms with Gasteiger partial charge in [-0.2, -0.15) is 0 Å². The highest BCUT2D eigenvalue weighted by molar-refractivity contribution is 7.99. The summed E-state index contributed by atoms with van der Waals surface area (Å²) in [6.07, 6.45) is 14.1. The van der Waals surface area contributed by atoms with Crippen molar-refractivity contribution >= 4 is 23.5 Å². The molecule has 0 bridgehead atoms. The van der Waals surface area contributed by atoms with E-state index < -0.39 is 0 Å². The maximum Gasteiger partial charge on any atom is 0.0544 e. The van der Waals surface area contributed by atoms with Crippen LogP contribution in [0.25, 0.3) is 0 Å². The Balaban J connectivity index is 2.85. The van der Waals surface area contributed by atoms with Crippen LogP contribution in [0.3, 0.4) is 0 Å². The minimum Gasteiger partial charge on any atom is -0.149 e. The highest BCUT2D eigenvalue weighted by Gasteiger charge is 1.90. The molecule has 2 heteroatoms. The molecule has 13 heavy (non-hydrogen) atoms. The molecule has 0 unspecified atom stereocenters. The van der Waals surface area contributed by atoms with Gasteiger partial charge in [-0.05, 0) is 24.3 Å². The van der Waals surface area contributed by atoms with Crippen LogP contribution in [-0.2, 0) is 0 Å². The lowest BCUT2D eigenvalue weighted by atomic mass is 10.3. The highest BCUT2D eigenvalue weighted by atomic mass is 32.2. The Kier molecular flexibility index (Phi) is 11.7. The van der Waals surface area contributed by atoms with E-state index in [4.69, 9.17) is 12.8 Å². The van der Waals surface area contributed by atoms with Gasteiger partial charge in [0.15, 0.2) is 0 Å². The quantitative estimate of drug-likeness (QED) is 0.448. The molecule has 0 aliphatic rings. The summed E-state index contributed by atoms with van der Waals surface area (Å²) >= 11 is 3.69. The number of rotatable bonds is 8. The van der Waals surface area contributed by atoms with Crippen LogP contribution in [-0.4, -0.2) is 23.0 Å². The predicted octanol–water partition coefficient (Wildman–Crippen LogP) is 2.89. The Morgan fingerprint density at radius 3 is 1.62 bits per heavy atom. The molecule has 0 saturated heterocycles. The number of hydrogen-bond acceptors (Lipinski definition) is 2. The summed E-state index contributed by atoms with van der Waals surface area (Å²) in [5.74, 6) is 9.35. The zero-order chi connectivity index (χ0) is 9.78. The van der Waals surface area contributed by atoms with Crippen LogP contribution in [0.2, 0.25) is 0 Å². The van der Waals surface area contributed by atoms with Crippen molar-refractivity contribution in [2.45, 2.75) is 19.3 Å². The van der Waals surface area contributed by atoms with Crippen LogP contribution in [0.5, 0.6) is 0 Å². The predicted molar refractivity (Wildman–Crippen MR) is 66.2 cm³/mol. The first-order valence-electron chi connectivity index (χ1n) is 4.44. The number of hydrogen-bond donors (Lipinski definition) is 0. The molecule has 0 heterocycles. The molecule has 0 aliphatic carbocycles. The summed E-state index contributed by atoms with van der Waals surface area (Å²) < 4.78 is 0. The lowest BCUT2D eigenvalue weighted by Crippen LogP contribution is -1.85. The van der Waals surface area contributed by atoms with Gasteiger partial charge in [-0.25, -0.2) is 0 Å². The van der Waals surface area contributed by atoms with Gasteiger partial charge in [0.2, 0.25) is 0 Å². The van der Waals surface area contributed by atoms with E-state index in [1.807, 2.05) is 23.5 Å². The van der Waals surface area contributed by atoms with Crippen LogP contribution >= 0.6 is 23.5 Å². The molecule has 0 aromatic carbocycles. The molecule has 72 valence electrons. The smallest absolute Gasteiger partial charge is 0.0544 e. The third-order valence-corrected chi connectivity index (χ3v) is 3.34. The lowest BCUT2D eigenvalue weighted by Gasteiger charge is -1.98. The van der Waals surface area contributed by atoms with Crippen LogP contribution < -0.4 is 0 Å². The Morgan fingerprint density at radius 2 is 1.23 bits per heavy atom. The van der Waals surface area contributed by atoms with Crippen LogP contribution in [0, 0.1) is 24.7 Å². The first-order chi connectivity index (χ1) is 6.41. The molecule has 0 saturated carbocycles. The topological polar surface area (TPSA) is 0 Å². The van der Waals surface area contributed by atoms with Gasteiger partial charge in [-0.1, -0.05) is 18.3 Å². The van der Waals surface area contributed by atoms with Gasteiger partial charge in [0.05, 0.1) is 11.5 Å². The molecule has 0 aromatic rings. The maximum atomic E-state index is 5.13. The molecule has 0 nitrogen and oxygen atoms in total. The van der Waals surface area contributed by atoms with Gasteiger partial charge >= 0.3 is 0 Å². The summed E-state index contributed by atoms with van der Waals surface area (Å²) in [7, 11) is 0. The second-order valence-electron chi connectivity index (χ2n) is 2.57. The molecule has 0 atom stereocenters. The van der Waals surface area contributed by atoms with E-state index in [2.05, 4.69) is 11.8 Å². The maximum absolute atomic E-state index is 5.13. The Morgan fingerprint density at radius 1 is 0.769 bits per heavy atom. The summed E-state index contributed by atoms with van der Waals surface area (Å²) in [5, 5.41) is 0. The zero-order valence-electron chi connectivity index (χ0n) is 7.92. The van der Waals surface area contributed by atoms with Crippen LogP contribution in [0.15, 0.2) is 0 Å². The van der Waals surface area contributed by atoms with Gasteiger partial charge in [0, 0.05) is 0 Å².